The molecule has 41 heavy (non-hydrogen) atoms. The summed E-state index contributed by atoms with van der Waals surface area (Å²) in [5.74, 6) is -1.30. The maximum Gasteiger partial charge on any atom is 0.407 e. The normalized spacial score (nSPS) is 14.7. The highest BCUT2D eigenvalue weighted by Gasteiger charge is 2.34. The van der Waals surface area contributed by atoms with Gasteiger partial charge < -0.3 is 24.8 Å². The molecule has 0 radical (unpaired) electrons. The number of carbonyl (C=O) groups is 3. The SMILES string of the molecule is C[C@H](NC(=O)[C@@H](NC(=O)OCC1c2ccccc2-c2ccccc21)[C@@H](C)OC(C)(C)C)C(=O)OCc1ccccc1. The first kappa shape index (κ1) is 29.8. The Balaban J connectivity index is 1.40. The first-order valence-corrected chi connectivity index (χ1v) is 13.8. The van der Waals surface area contributed by atoms with Crippen molar-refractivity contribution in [3.8, 4) is 11.1 Å². The van der Waals surface area contributed by atoms with Crippen LogP contribution in [0.4, 0.5) is 4.79 Å². The quantitative estimate of drug-likeness (QED) is 0.326. The highest BCUT2D eigenvalue weighted by molar-refractivity contribution is 5.90. The number of benzene rings is 3. The fourth-order valence-corrected chi connectivity index (χ4v) is 5.00. The number of fused-ring (bicyclic) bond motifs is 3. The van der Waals surface area contributed by atoms with Gasteiger partial charge in [-0.25, -0.2) is 9.59 Å². The minimum absolute atomic E-state index is 0.0881. The number of rotatable bonds is 10. The number of carbonyl (C=O) groups excluding carboxylic acids is 3. The fraction of sp³-hybridized carbons (Fsp3) is 0.364. The molecule has 3 aromatic rings. The van der Waals surface area contributed by atoms with Gasteiger partial charge in [0.15, 0.2) is 0 Å². The number of esters is 1. The van der Waals surface area contributed by atoms with Gasteiger partial charge in [0.25, 0.3) is 0 Å². The second-order valence-corrected chi connectivity index (χ2v) is 11.2. The van der Waals surface area contributed by atoms with Gasteiger partial charge in [0.2, 0.25) is 5.91 Å². The Kier molecular flexibility index (Phi) is 9.45. The summed E-state index contributed by atoms with van der Waals surface area (Å²) < 4.78 is 17.0. The van der Waals surface area contributed by atoms with Gasteiger partial charge in [-0.15, -0.1) is 0 Å². The van der Waals surface area contributed by atoms with E-state index in [1.165, 1.54) is 6.92 Å². The van der Waals surface area contributed by atoms with Crippen molar-refractivity contribution in [1.82, 2.24) is 10.6 Å². The van der Waals surface area contributed by atoms with Gasteiger partial charge in [0.1, 0.15) is 25.3 Å². The van der Waals surface area contributed by atoms with Crippen molar-refractivity contribution in [2.24, 2.45) is 0 Å². The second kappa shape index (κ2) is 13.0. The van der Waals surface area contributed by atoms with E-state index in [4.69, 9.17) is 14.2 Å². The molecule has 3 atom stereocenters. The van der Waals surface area contributed by atoms with Gasteiger partial charge in [0.05, 0.1) is 11.7 Å². The van der Waals surface area contributed by atoms with Crippen molar-refractivity contribution in [3.05, 3.63) is 95.6 Å². The van der Waals surface area contributed by atoms with Gasteiger partial charge in [0, 0.05) is 5.92 Å². The molecule has 4 rings (SSSR count). The lowest BCUT2D eigenvalue weighted by Crippen LogP contribution is -2.57. The maximum absolute atomic E-state index is 13.3. The van der Waals surface area contributed by atoms with E-state index in [2.05, 4.69) is 22.8 Å². The summed E-state index contributed by atoms with van der Waals surface area (Å²) in [4.78, 5) is 38.9. The highest BCUT2D eigenvalue weighted by atomic mass is 16.6. The van der Waals surface area contributed by atoms with E-state index in [0.29, 0.717) is 0 Å². The molecule has 0 unspecified atom stereocenters. The number of alkyl carbamates (subject to hydrolysis) is 1. The second-order valence-electron chi connectivity index (χ2n) is 11.2. The molecule has 0 bridgehead atoms. The van der Waals surface area contributed by atoms with Gasteiger partial charge in [-0.05, 0) is 62.4 Å². The minimum Gasteiger partial charge on any atom is -0.459 e. The third-order valence-corrected chi connectivity index (χ3v) is 6.84. The van der Waals surface area contributed by atoms with Gasteiger partial charge >= 0.3 is 12.1 Å². The molecule has 0 aliphatic heterocycles. The van der Waals surface area contributed by atoms with Crippen LogP contribution in [0.2, 0.25) is 0 Å². The predicted octanol–water partition coefficient (Wildman–Crippen LogP) is 5.35. The summed E-state index contributed by atoms with van der Waals surface area (Å²) in [5.41, 5.74) is 4.66. The fourth-order valence-electron chi connectivity index (χ4n) is 5.00. The van der Waals surface area contributed by atoms with E-state index in [9.17, 15) is 14.4 Å². The lowest BCUT2D eigenvalue weighted by atomic mass is 9.98. The van der Waals surface area contributed by atoms with Crippen LogP contribution in [-0.2, 0) is 30.4 Å². The van der Waals surface area contributed by atoms with Crippen LogP contribution in [-0.4, -0.2) is 48.4 Å². The Hall–Kier alpha value is -4.17. The smallest absolute Gasteiger partial charge is 0.407 e. The molecule has 0 fully saturated rings. The molecule has 0 spiro atoms. The van der Waals surface area contributed by atoms with Crippen molar-refractivity contribution in [2.75, 3.05) is 6.61 Å². The summed E-state index contributed by atoms with van der Waals surface area (Å²) >= 11 is 0. The molecule has 2 N–H and O–H groups in total. The Morgan fingerprint density at radius 2 is 1.34 bits per heavy atom. The molecule has 1 aliphatic rings. The zero-order valence-corrected chi connectivity index (χ0v) is 24.2. The van der Waals surface area contributed by atoms with Crippen LogP contribution in [0.5, 0.6) is 0 Å². The molecule has 0 heterocycles. The molecule has 216 valence electrons. The average molecular weight is 559 g/mol. The number of hydrogen-bond donors (Lipinski definition) is 2. The zero-order valence-electron chi connectivity index (χ0n) is 24.2. The van der Waals surface area contributed by atoms with E-state index in [-0.39, 0.29) is 19.1 Å². The van der Waals surface area contributed by atoms with Crippen LogP contribution in [0.15, 0.2) is 78.9 Å². The van der Waals surface area contributed by atoms with Crippen LogP contribution in [0, 0.1) is 0 Å². The summed E-state index contributed by atoms with van der Waals surface area (Å²) in [6.07, 6.45) is -1.47. The number of nitrogens with one attached hydrogen (secondary N) is 2. The lowest BCUT2D eigenvalue weighted by molar-refractivity contribution is -0.149. The van der Waals surface area contributed by atoms with Crippen molar-refractivity contribution in [2.45, 2.75) is 70.9 Å². The zero-order chi connectivity index (χ0) is 29.6. The van der Waals surface area contributed by atoms with Crippen molar-refractivity contribution >= 4 is 18.0 Å². The van der Waals surface area contributed by atoms with Crippen molar-refractivity contribution in [1.29, 1.82) is 0 Å². The third kappa shape index (κ3) is 7.73. The largest absolute Gasteiger partial charge is 0.459 e. The van der Waals surface area contributed by atoms with Crippen molar-refractivity contribution < 1.29 is 28.6 Å². The monoisotopic (exact) mass is 558 g/mol. The Morgan fingerprint density at radius 3 is 1.93 bits per heavy atom. The van der Waals surface area contributed by atoms with Gasteiger partial charge in [-0.3, -0.25) is 4.79 Å². The molecule has 2 amide bonds. The average Bonchev–Trinajstić information content (AvgIpc) is 3.26. The van der Waals surface area contributed by atoms with E-state index < -0.39 is 41.8 Å². The van der Waals surface area contributed by atoms with Crippen LogP contribution < -0.4 is 10.6 Å². The summed E-state index contributed by atoms with van der Waals surface area (Å²) in [6.45, 7) is 8.98. The summed E-state index contributed by atoms with van der Waals surface area (Å²) in [7, 11) is 0. The molecule has 8 heteroatoms. The number of ether oxygens (including phenoxy) is 3. The number of hydrogen-bond acceptors (Lipinski definition) is 6. The van der Waals surface area contributed by atoms with E-state index in [0.717, 1.165) is 27.8 Å². The third-order valence-electron chi connectivity index (χ3n) is 6.84. The first-order chi connectivity index (χ1) is 19.5. The Morgan fingerprint density at radius 1 is 0.780 bits per heavy atom. The minimum atomic E-state index is -1.12. The highest BCUT2D eigenvalue weighted by Crippen LogP contribution is 2.44. The number of amides is 2. The maximum atomic E-state index is 13.3. The van der Waals surface area contributed by atoms with Crippen LogP contribution in [0.1, 0.15) is 57.2 Å². The molecular weight excluding hydrogens is 520 g/mol. The lowest BCUT2D eigenvalue weighted by Gasteiger charge is -2.31. The van der Waals surface area contributed by atoms with Crippen molar-refractivity contribution in [3.63, 3.8) is 0 Å². The standard InChI is InChI=1S/C33H38N2O6/c1-21(31(37)39-19-23-13-7-6-8-14-23)34-30(36)29(22(2)41-33(3,4)5)35-32(38)40-20-28-26-17-11-9-15-24(26)25-16-10-12-18-27(25)28/h6-18,21-22,28-29H,19-20H2,1-5H3,(H,34,36)(H,35,38)/t21-,22+,29-/m0/s1. The molecule has 0 aromatic heterocycles. The topological polar surface area (TPSA) is 103 Å². The van der Waals surface area contributed by atoms with E-state index >= 15 is 0 Å². The molecular formula is C33H38N2O6. The van der Waals surface area contributed by atoms with Gasteiger partial charge in [-0.2, -0.15) is 0 Å². The van der Waals surface area contributed by atoms with Crippen LogP contribution >= 0.6 is 0 Å². The van der Waals surface area contributed by atoms with Crippen LogP contribution in [0.3, 0.4) is 0 Å². The molecule has 0 saturated heterocycles. The molecule has 1 aliphatic carbocycles. The molecule has 3 aromatic carbocycles. The summed E-state index contributed by atoms with van der Waals surface area (Å²) in [6, 6.07) is 23.3. The predicted molar refractivity (Wildman–Crippen MR) is 156 cm³/mol. The van der Waals surface area contributed by atoms with Gasteiger partial charge in [-0.1, -0.05) is 78.9 Å². The van der Waals surface area contributed by atoms with Crippen LogP contribution in [0.25, 0.3) is 11.1 Å². The van der Waals surface area contributed by atoms with E-state index in [1.807, 2.05) is 87.5 Å². The Labute approximate surface area is 241 Å². The van der Waals surface area contributed by atoms with E-state index in [1.54, 1.807) is 6.92 Å². The summed E-state index contributed by atoms with van der Waals surface area (Å²) in [5, 5.41) is 5.31. The Bertz CT molecular complexity index is 1320. The first-order valence-electron chi connectivity index (χ1n) is 13.8. The molecule has 0 saturated carbocycles. The molecule has 8 nitrogen and oxygen atoms in total.